The summed E-state index contributed by atoms with van der Waals surface area (Å²) in [7, 11) is 1.81. The quantitative estimate of drug-likeness (QED) is 0.767. The molecule has 1 amide bonds. The fraction of sp³-hybridized carbons (Fsp3) is 0.350. The van der Waals surface area contributed by atoms with Crippen molar-refractivity contribution in [1.82, 2.24) is 4.90 Å². The van der Waals surface area contributed by atoms with Crippen molar-refractivity contribution in [2.24, 2.45) is 0 Å². The van der Waals surface area contributed by atoms with Gasteiger partial charge in [-0.3, -0.25) is 4.79 Å². The van der Waals surface area contributed by atoms with Crippen LogP contribution in [0.3, 0.4) is 0 Å². The van der Waals surface area contributed by atoms with E-state index in [1.165, 1.54) is 12.1 Å². The minimum atomic E-state index is -0.602. The van der Waals surface area contributed by atoms with Gasteiger partial charge in [0.1, 0.15) is 5.82 Å². The summed E-state index contributed by atoms with van der Waals surface area (Å²) < 4.78 is 13.7. The summed E-state index contributed by atoms with van der Waals surface area (Å²) in [6, 6.07) is 14.0. The van der Waals surface area contributed by atoms with Gasteiger partial charge < -0.3 is 4.90 Å². The molecule has 2 nitrogen and oxygen atoms in total. The van der Waals surface area contributed by atoms with Crippen LogP contribution in [0.4, 0.5) is 4.39 Å². The maximum atomic E-state index is 13.7. The molecule has 1 fully saturated rings. The zero-order chi connectivity index (χ0) is 17.2. The lowest BCUT2D eigenvalue weighted by Crippen LogP contribution is -2.43. The van der Waals surface area contributed by atoms with Crippen LogP contribution in [0.25, 0.3) is 0 Å². The zero-order valence-electron chi connectivity index (χ0n) is 13.8. The molecule has 0 bridgehead atoms. The van der Waals surface area contributed by atoms with Crippen molar-refractivity contribution in [3.8, 4) is 0 Å². The van der Waals surface area contributed by atoms with Crippen molar-refractivity contribution in [1.29, 1.82) is 0 Å². The zero-order valence-corrected chi connectivity index (χ0v) is 14.5. The van der Waals surface area contributed by atoms with Gasteiger partial charge in [0, 0.05) is 18.6 Å². The Morgan fingerprint density at radius 1 is 1.17 bits per heavy atom. The Labute approximate surface area is 147 Å². The van der Waals surface area contributed by atoms with Gasteiger partial charge in [-0.1, -0.05) is 48.7 Å². The summed E-state index contributed by atoms with van der Waals surface area (Å²) in [5.74, 6) is -0.227. The Bertz CT molecular complexity index is 740. The molecular weight excluding hydrogens is 325 g/mol. The molecule has 0 aromatic heterocycles. The Morgan fingerprint density at radius 2 is 1.88 bits per heavy atom. The van der Waals surface area contributed by atoms with Crippen LogP contribution in [0.15, 0.2) is 48.5 Å². The average molecular weight is 346 g/mol. The molecule has 2 aromatic carbocycles. The summed E-state index contributed by atoms with van der Waals surface area (Å²) in [5.41, 5.74) is 1.18. The van der Waals surface area contributed by atoms with Gasteiger partial charge in [-0.05, 0) is 48.2 Å². The minimum absolute atomic E-state index is 0.0607. The van der Waals surface area contributed by atoms with Crippen molar-refractivity contribution < 1.29 is 9.18 Å². The predicted molar refractivity (Wildman–Crippen MR) is 94.5 cm³/mol. The van der Waals surface area contributed by atoms with E-state index in [-0.39, 0.29) is 11.7 Å². The molecule has 0 radical (unpaired) electrons. The van der Waals surface area contributed by atoms with Gasteiger partial charge in [0.05, 0.1) is 5.41 Å². The Balaban J connectivity index is 1.87. The highest BCUT2D eigenvalue weighted by Gasteiger charge is 2.44. The third-order valence-corrected chi connectivity index (χ3v) is 5.13. The van der Waals surface area contributed by atoms with Gasteiger partial charge >= 0.3 is 0 Å². The van der Waals surface area contributed by atoms with Gasteiger partial charge in [-0.25, -0.2) is 4.39 Å². The topological polar surface area (TPSA) is 20.3 Å². The summed E-state index contributed by atoms with van der Waals surface area (Å²) in [5, 5.41) is 0.661. The molecule has 4 heteroatoms. The highest BCUT2D eigenvalue weighted by Crippen LogP contribution is 2.42. The summed E-state index contributed by atoms with van der Waals surface area (Å²) >= 11 is 6.03. The van der Waals surface area contributed by atoms with Crippen LogP contribution in [0.5, 0.6) is 0 Å². The first kappa shape index (κ1) is 17.0. The second-order valence-electron chi connectivity index (χ2n) is 6.59. The maximum absolute atomic E-state index is 13.7. The number of carbonyl (C=O) groups is 1. The number of carbonyl (C=O) groups excluding carboxylic acids is 1. The van der Waals surface area contributed by atoms with Crippen LogP contribution in [0, 0.1) is 5.82 Å². The van der Waals surface area contributed by atoms with Gasteiger partial charge in [-0.2, -0.15) is 0 Å². The summed E-state index contributed by atoms with van der Waals surface area (Å²) in [6.45, 7) is 0.496. The summed E-state index contributed by atoms with van der Waals surface area (Å²) in [4.78, 5) is 15.0. The van der Waals surface area contributed by atoms with Crippen molar-refractivity contribution in [2.45, 2.75) is 37.6 Å². The second-order valence-corrected chi connectivity index (χ2v) is 7.03. The normalized spacial score (nSPS) is 16.1. The summed E-state index contributed by atoms with van der Waals surface area (Å²) in [6.07, 6.45) is 3.53. The molecule has 1 aliphatic carbocycles. The molecule has 0 unspecified atom stereocenters. The van der Waals surface area contributed by atoms with Crippen molar-refractivity contribution in [3.63, 3.8) is 0 Å². The molecule has 2 aromatic rings. The van der Waals surface area contributed by atoms with E-state index in [0.29, 0.717) is 11.6 Å². The first-order valence-corrected chi connectivity index (χ1v) is 8.65. The molecule has 1 aliphatic rings. The van der Waals surface area contributed by atoms with Crippen molar-refractivity contribution >= 4 is 17.5 Å². The molecule has 126 valence electrons. The molecule has 0 heterocycles. The van der Waals surface area contributed by atoms with Crippen LogP contribution in [-0.2, 0) is 16.8 Å². The molecule has 0 saturated heterocycles. The number of likely N-dealkylation sites (N-methyl/N-ethyl adjacent to an activating group) is 1. The van der Waals surface area contributed by atoms with Crippen molar-refractivity contribution in [2.75, 3.05) is 7.05 Å². The van der Waals surface area contributed by atoms with E-state index in [4.69, 9.17) is 11.6 Å². The van der Waals surface area contributed by atoms with Crippen LogP contribution in [0.1, 0.15) is 36.8 Å². The first-order valence-electron chi connectivity index (χ1n) is 8.27. The molecule has 0 atom stereocenters. The van der Waals surface area contributed by atoms with Crippen molar-refractivity contribution in [3.05, 3.63) is 70.5 Å². The Hall–Kier alpha value is -1.87. The number of amides is 1. The van der Waals surface area contributed by atoms with E-state index in [1.807, 2.05) is 37.4 Å². The smallest absolute Gasteiger partial charge is 0.233 e. The van der Waals surface area contributed by atoms with E-state index >= 15 is 0 Å². The SMILES string of the molecule is CN(Cc1cccc(Cl)c1)C(=O)C1(c2cccc(F)c2)CCCC1. The van der Waals surface area contributed by atoms with Crippen LogP contribution in [0.2, 0.25) is 5.02 Å². The Kier molecular flexibility index (Phi) is 4.91. The lowest BCUT2D eigenvalue weighted by atomic mass is 9.77. The largest absolute Gasteiger partial charge is 0.341 e. The second kappa shape index (κ2) is 6.94. The van der Waals surface area contributed by atoms with E-state index in [1.54, 1.807) is 11.0 Å². The molecule has 0 aliphatic heterocycles. The van der Waals surface area contributed by atoms with E-state index in [0.717, 1.165) is 36.8 Å². The Morgan fingerprint density at radius 3 is 2.54 bits per heavy atom. The minimum Gasteiger partial charge on any atom is -0.341 e. The lowest BCUT2D eigenvalue weighted by Gasteiger charge is -2.33. The fourth-order valence-corrected chi connectivity index (χ4v) is 3.95. The molecule has 24 heavy (non-hydrogen) atoms. The molecule has 0 spiro atoms. The molecule has 1 saturated carbocycles. The lowest BCUT2D eigenvalue weighted by molar-refractivity contribution is -0.136. The molecule has 0 N–H and O–H groups in total. The maximum Gasteiger partial charge on any atom is 0.233 e. The fourth-order valence-electron chi connectivity index (χ4n) is 3.74. The number of halogens is 2. The third kappa shape index (κ3) is 3.32. The van der Waals surface area contributed by atoms with Gasteiger partial charge in [0.25, 0.3) is 0 Å². The monoisotopic (exact) mass is 345 g/mol. The van der Waals surface area contributed by atoms with Crippen LogP contribution >= 0.6 is 11.6 Å². The van der Waals surface area contributed by atoms with Crippen LogP contribution < -0.4 is 0 Å². The number of hydrogen-bond acceptors (Lipinski definition) is 1. The molecule has 3 rings (SSSR count). The molecular formula is C20H21ClFNO. The van der Waals surface area contributed by atoms with E-state index < -0.39 is 5.41 Å². The highest BCUT2D eigenvalue weighted by atomic mass is 35.5. The van der Waals surface area contributed by atoms with E-state index in [9.17, 15) is 9.18 Å². The van der Waals surface area contributed by atoms with Gasteiger partial charge in [-0.15, -0.1) is 0 Å². The van der Waals surface area contributed by atoms with Gasteiger partial charge in [0.15, 0.2) is 0 Å². The average Bonchev–Trinajstić information content (AvgIpc) is 3.05. The van der Waals surface area contributed by atoms with E-state index in [2.05, 4.69) is 0 Å². The predicted octanol–water partition coefficient (Wildman–Crippen LogP) is 4.95. The van der Waals surface area contributed by atoms with Gasteiger partial charge in [0.2, 0.25) is 5.91 Å². The number of nitrogens with zero attached hydrogens (tertiary/aromatic N) is 1. The van der Waals surface area contributed by atoms with Crippen LogP contribution in [-0.4, -0.2) is 17.9 Å². The standard InChI is InChI=1S/C20H21ClFNO/c1-23(14-15-6-4-8-17(21)12-15)19(24)20(10-2-3-11-20)16-7-5-9-18(22)13-16/h4-9,12-13H,2-3,10-11,14H2,1H3. The first-order chi connectivity index (χ1) is 11.5. The number of benzene rings is 2. The number of rotatable bonds is 4. The number of hydrogen-bond donors (Lipinski definition) is 0. The third-order valence-electron chi connectivity index (χ3n) is 4.90. The highest BCUT2D eigenvalue weighted by molar-refractivity contribution is 6.30.